The van der Waals surface area contributed by atoms with Gasteiger partial charge in [-0.3, -0.25) is 4.79 Å². The number of carbonyl (C=O) groups is 1. The van der Waals surface area contributed by atoms with Gasteiger partial charge in [0.2, 0.25) is 0 Å². The lowest BCUT2D eigenvalue weighted by Crippen LogP contribution is -2.29. The molecule has 20 heavy (non-hydrogen) atoms. The van der Waals surface area contributed by atoms with Crippen LogP contribution in [0.25, 0.3) is 0 Å². The van der Waals surface area contributed by atoms with Gasteiger partial charge in [0.25, 0.3) is 5.91 Å². The van der Waals surface area contributed by atoms with Crippen LogP contribution in [0.3, 0.4) is 0 Å². The Balaban J connectivity index is 2.44. The lowest BCUT2D eigenvalue weighted by Gasteiger charge is -2.09. The number of nitrogens with one attached hydrogen (secondary N) is 1. The zero-order valence-corrected chi connectivity index (χ0v) is 9.86. The number of benzene rings is 1. The van der Waals surface area contributed by atoms with Crippen molar-refractivity contribution in [2.75, 3.05) is 19.8 Å². The summed E-state index contributed by atoms with van der Waals surface area (Å²) in [4.78, 5) is 11.4. The van der Waals surface area contributed by atoms with Crippen LogP contribution in [-0.4, -0.2) is 31.8 Å². The van der Waals surface area contributed by atoms with Crippen molar-refractivity contribution in [1.82, 2.24) is 5.32 Å². The third kappa shape index (κ3) is 5.08. The Hall–Kier alpha value is -1.77. The van der Waals surface area contributed by atoms with Crippen molar-refractivity contribution in [3.8, 4) is 0 Å². The summed E-state index contributed by atoms with van der Waals surface area (Å²) in [6.07, 6.45) is -4.48. The summed E-state index contributed by atoms with van der Waals surface area (Å²) < 4.78 is 77.6. The zero-order valence-electron chi connectivity index (χ0n) is 9.86. The highest BCUT2D eigenvalue weighted by atomic mass is 19.4. The predicted octanol–water partition coefficient (Wildman–Crippen LogP) is 2.41. The molecule has 9 heteroatoms. The van der Waals surface area contributed by atoms with E-state index in [1.54, 1.807) is 0 Å². The molecule has 0 aromatic heterocycles. The van der Waals surface area contributed by atoms with Crippen molar-refractivity contribution in [2.45, 2.75) is 6.18 Å². The second-order valence-electron chi connectivity index (χ2n) is 3.68. The van der Waals surface area contributed by atoms with E-state index in [9.17, 15) is 31.1 Å². The quantitative estimate of drug-likeness (QED) is 0.515. The smallest absolute Gasteiger partial charge is 0.370 e. The highest BCUT2D eigenvalue weighted by Crippen LogP contribution is 2.14. The van der Waals surface area contributed by atoms with E-state index in [4.69, 9.17) is 0 Å². The number of alkyl halides is 3. The molecule has 0 bridgehead atoms. The van der Waals surface area contributed by atoms with Gasteiger partial charge in [0.1, 0.15) is 6.61 Å². The monoisotopic (exact) mass is 301 g/mol. The van der Waals surface area contributed by atoms with Crippen molar-refractivity contribution >= 4 is 5.91 Å². The average Bonchev–Trinajstić information content (AvgIpc) is 2.33. The molecule has 3 nitrogen and oxygen atoms in total. The van der Waals surface area contributed by atoms with Gasteiger partial charge in [-0.15, -0.1) is 0 Å². The lowest BCUT2D eigenvalue weighted by molar-refractivity contribution is -0.173. The first-order valence-corrected chi connectivity index (χ1v) is 5.28. The van der Waals surface area contributed by atoms with E-state index >= 15 is 0 Å². The van der Waals surface area contributed by atoms with E-state index in [-0.39, 0.29) is 6.54 Å². The maximum absolute atomic E-state index is 12.8. The van der Waals surface area contributed by atoms with E-state index < -0.39 is 48.3 Å². The van der Waals surface area contributed by atoms with E-state index in [1.807, 2.05) is 0 Å². The molecule has 1 N–H and O–H groups in total. The first-order chi connectivity index (χ1) is 9.20. The summed E-state index contributed by atoms with van der Waals surface area (Å²) >= 11 is 0. The molecule has 0 atom stereocenters. The van der Waals surface area contributed by atoms with Crippen LogP contribution in [0.2, 0.25) is 0 Å². The Bertz CT molecular complexity index is 465. The van der Waals surface area contributed by atoms with Gasteiger partial charge >= 0.3 is 6.18 Å². The molecule has 1 aromatic carbocycles. The largest absolute Gasteiger partial charge is 0.411 e. The van der Waals surface area contributed by atoms with E-state index in [2.05, 4.69) is 10.1 Å². The van der Waals surface area contributed by atoms with Crippen molar-refractivity contribution in [2.24, 2.45) is 0 Å². The molecule has 0 spiro atoms. The molecule has 0 aliphatic heterocycles. The molecule has 0 heterocycles. The van der Waals surface area contributed by atoms with Crippen molar-refractivity contribution in [3.63, 3.8) is 0 Å². The number of rotatable bonds is 5. The summed E-state index contributed by atoms with van der Waals surface area (Å²) in [6, 6.07) is 0.953. The molecular weight excluding hydrogens is 292 g/mol. The van der Waals surface area contributed by atoms with Crippen LogP contribution in [0, 0.1) is 17.5 Å². The van der Waals surface area contributed by atoms with Crippen LogP contribution >= 0.6 is 0 Å². The Morgan fingerprint density at radius 2 is 1.70 bits per heavy atom. The summed E-state index contributed by atoms with van der Waals surface area (Å²) in [6.45, 7) is -2.20. The predicted molar refractivity (Wildman–Crippen MR) is 55.5 cm³/mol. The van der Waals surface area contributed by atoms with Gasteiger partial charge in [-0.1, -0.05) is 0 Å². The maximum atomic E-state index is 12.8. The summed E-state index contributed by atoms with van der Waals surface area (Å²) in [5.74, 6) is -5.75. The SMILES string of the molecule is O=C(NCCOCC(F)(F)F)c1cc(F)c(F)c(F)c1. The molecule has 0 saturated heterocycles. The van der Waals surface area contributed by atoms with Crippen LogP contribution in [0.4, 0.5) is 26.3 Å². The van der Waals surface area contributed by atoms with Crippen LogP contribution in [0.15, 0.2) is 12.1 Å². The first kappa shape index (κ1) is 16.3. The van der Waals surface area contributed by atoms with Gasteiger partial charge in [0.05, 0.1) is 6.61 Å². The van der Waals surface area contributed by atoms with Crippen LogP contribution in [0.1, 0.15) is 10.4 Å². The number of hydrogen-bond donors (Lipinski definition) is 1. The van der Waals surface area contributed by atoms with Gasteiger partial charge < -0.3 is 10.1 Å². The van der Waals surface area contributed by atoms with Crippen LogP contribution in [-0.2, 0) is 4.74 Å². The van der Waals surface area contributed by atoms with Crippen molar-refractivity contribution in [1.29, 1.82) is 0 Å². The van der Waals surface area contributed by atoms with Gasteiger partial charge in [0, 0.05) is 12.1 Å². The topological polar surface area (TPSA) is 38.3 Å². The fraction of sp³-hybridized carbons (Fsp3) is 0.364. The van der Waals surface area contributed by atoms with Crippen LogP contribution < -0.4 is 5.32 Å². The summed E-state index contributed by atoms with van der Waals surface area (Å²) in [5, 5.41) is 2.07. The Kier molecular flexibility index (Phi) is 5.37. The van der Waals surface area contributed by atoms with E-state index in [1.165, 1.54) is 0 Å². The van der Waals surface area contributed by atoms with E-state index in [0.29, 0.717) is 12.1 Å². The average molecular weight is 301 g/mol. The number of halogens is 6. The molecule has 1 amide bonds. The third-order valence-corrected chi connectivity index (χ3v) is 2.04. The zero-order chi connectivity index (χ0) is 15.3. The minimum absolute atomic E-state index is 0.296. The van der Waals surface area contributed by atoms with E-state index in [0.717, 1.165) is 0 Å². The number of hydrogen-bond acceptors (Lipinski definition) is 2. The molecule has 1 aromatic rings. The molecule has 112 valence electrons. The van der Waals surface area contributed by atoms with Gasteiger partial charge in [0.15, 0.2) is 17.5 Å². The molecule has 0 aliphatic carbocycles. The molecule has 1 rings (SSSR count). The normalized spacial score (nSPS) is 11.5. The Morgan fingerprint density at radius 3 is 2.20 bits per heavy atom. The minimum atomic E-state index is -4.48. The second-order valence-corrected chi connectivity index (χ2v) is 3.68. The highest BCUT2D eigenvalue weighted by molar-refractivity contribution is 5.94. The summed E-state index contributed by atoms with van der Waals surface area (Å²) in [5.41, 5.74) is -0.489. The first-order valence-electron chi connectivity index (χ1n) is 5.28. The Morgan fingerprint density at radius 1 is 1.15 bits per heavy atom. The third-order valence-electron chi connectivity index (χ3n) is 2.04. The molecule has 0 saturated carbocycles. The fourth-order valence-electron chi connectivity index (χ4n) is 1.21. The lowest BCUT2D eigenvalue weighted by atomic mass is 10.2. The van der Waals surface area contributed by atoms with Crippen molar-refractivity contribution < 1.29 is 35.9 Å². The van der Waals surface area contributed by atoms with Gasteiger partial charge in [-0.2, -0.15) is 13.2 Å². The molecular formula is C11H9F6NO2. The number of carbonyl (C=O) groups excluding carboxylic acids is 1. The number of ether oxygens (including phenoxy) is 1. The van der Waals surface area contributed by atoms with Crippen molar-refractivity contribution in [3.05, 3.63) is 35.1 Å². The Labute approximate surface area is 109 Å². The van der Waals surface area contributed by atoms with Gasteiger partial charge in [-0.25, -0.2) is 13.2 Å². The maximum Gasteiger partial charge on any atom is 0.411 e. The fourth-order valence-corrected chi connectivity index (χ4v) is 1.21. The summed E-state index contributed by atoms with van der Waals surface area (Å²) in [7, 11) is 0. The highest BCUT2D eigenvalue weighted by Gasteiger charge is 2.27. The molecule has 0 fully saturated rings. The molecule has 0 radical (unpaired) electrons. The van der Waals surface area contributed by atoms with Crippen LogP contribution in [0.5, 0.6) is 0 Å². The van der Waals surface area contributed by atoms with Gasteiger partial charge in [-0.05, 0) is 12.1 Å². The number of amides is 1. The second kappa shape index (κ2) is 6.60. The molecule has 0 aliphatic rings. The minimum Gasteiger partial charge on any atom is -0.370 e. The molecule has 0 unspecified atom stereocenters. The standard InChI is InChI=1S/C11H9F6NO2/c12-7-3-6(4-8(13)9(7)14)10(19)18-1-2-20-5-11(15,16)17/h3-4H,1-2,5H2,(H,18,19).